The normalized spacial score (nSPS) is 11.8. The quantitative estimate of drug-likeness (QED) is 0.614. The van der Waals surface area contributed by atoms with Gasteiger partial charge in [0.2, 0.25) is 0 Å². The zero-order valence-electron chi connectivity index (χ0n) is 9.03. The Kier molecular flexibility index (Phi) is 3.50. The number of rotatable bonds is 3. The van der Waals surface area contributed by atoms with Crippen LogP contribution in [0.1, 0.15) is 25.2 Å². The predicted molar refractivity (Wildman–Crippen MR) is 58.5 cm³/mol. The molecule has 0 aliphatic rings. The Morgan fingerprint density at radius 3 is 2.21 bits per heavy atom. The smallest absolute Gasteiger partial charge is 0.188 e. The highest BCUT2D eigenvalue weighted by atomic mass is 32.2. The van der Waals surface area contributed by atoms with E-state index in [1.165, 1.54) is 11.8 Å². The molecule has 0 fully saturated rings. The summed E-state index contributed by atoms with van der Waals surface area (Å²) in [5.74, 6) is 0.607. The molecule has 1 aromatic rings. The van der Waals surface area contributed by atoms with Crippen molar-refractivity contribution in [3.05, 3.63) is 17.5 Å². The van der Waals surface area contributed by atoms with Crippen molar-refractivity contribution in [3.8, 4) is 0 Å². The number of aliphatic hydroxyl groups is 1. The average molecular weight is 212 g/mol. The zero-order valence-corrected chi connectivity index (χ0v) is 9.85. The van der Waals surface area contributed by atoms with Crippen LogP contribution in [0.5, 0.6) is 0 Å². The van der Waals surface area contributed by atoms with Gasteiger partial charge >= 0.3 is 0 Å². The van der Waals surface area contributed by atoms with E-state index in [0.29, 0.717) is 5.75 Å². The second kappa shape index (κ2) is 4.28. The van der Waals surface area contributed by atoms with Crippen LogP contribution < -0.4 is 0 Å². The SMILES string of the molecule is Cc1cc(C)nc(SCC(C)(C)O)n1. The molecule has 0 amide bonds. The predicted octanol–water partition coefficient (Wildman–Crippen LogP) is 1.96. The second-order valence-electron chi connectivity index (χ2n) is 4.03. The van der Waals surface area contributed by atoms with Crippen LogP contribution in [0.3, 0.4) is 0 Å². The molecule has 1 aromatic heterocycles. The molecule has 0 aromatic carbocycles. The van der Waals surface area contributed by atoms with Gasteiger partial charge in [-0.15, -0.1) is 0 Å². The van der Waals surface area contributed by atoms with E-state index in [9.17, 15) is 5.11 Å². The van der Waals surface area contributed by atoms with Crippen LogP contribution in [0.4, 0.5) is 0 Å². The molecule has 0 unspecified atom stereocenters. The van der Waals surface area contributed by atoms with E-state index in [2.05, 4.69) is 9.97 Å². The Hall–Kier alpha value is -0.610. The van der Waals surface area contributed by atoms with Gasteiger partial charge < -0.3 is 5.11 Å². The third kappa shape index (κ3) is 4.07. The Morgan fingerprint density at radius 1 is 1.29 bits per heavy atom. The molecule has 0 aliphatic carbocycles. The van der Waals surface area contributed by atoms with Gasteiger partial charge in [0.1, 0.15) is 0 Å². The molecule has 14 heavy (non-hydrogen) atoms. The van der Waals surface area contributed by atoms with Gasteiger partial charge in [0.25, 0.3) is 0 Å². The second-order valence-corrected chi connectivity index (χ2v) is 4.98. The third-order valence-corrected chi connectivity index (χ3v) is 2.81. The summed E-state index contributed by atoms with van der Waals surface area (Å²) in [5, 5.41) is 10.3. The summed E-state index contributed by atoms with van der Waals surface area (Å²) in [6, 6.07) is 1.94. The van der Waals surface area contributed by atoms with Crippen LogP contribution >= 0.6 is 11.8 Å². The van der Waals surface area contributed by atoms with Crippen molar-refractivity contribution in [1.29, 1.82) is 0 Å². The van der Waals surface area contributed by atoms with Crippen molar-refractivity contribution in [2.24, 2.45) is 0 Å². The fraction of sp³-hybridized carbons (Fsp3) is 0.600. The van der Waals surface area contributed by atoms with Crippen molar-refractivity contribution in [2.75, 3.05) is 5.75 Å². The molecule has 0 saturated carbocycles. The lowest BCUT2D eigenvalue weighted by Gasteiger charge is -2.15. The fourth-order valence-electron chi connectivity index (χ4n) is 0.999. The van der Waals surface area contributed by atoms with E-state index in [-0.39, 0.29) is 0 Å². The minimum absolute atomic E-state index is 0.607. The van der Waals surface area contributed by atoms with E-state index >= 15 is 0 Å². The topological polar surface area (TPSA) is 46.0 Å². The summed E-state index contributed by atoms with van der Waals surface area (Å²) in [6.45, 7) is 7.46. The van der Waals surface area contributed by atoms with Gasteiger partial charge in [-0.05, 0) is 33.8 Å². The number of aryl methyl sites for hydroxylation is 2. The average Bonchev–Trinajstić information content (AvgIpc) is 1.97. The summed E-state index contributed by atoms with van der Waals surface area (Å²) in [7, 11) is 0. The van der Waals surface area contributed by atoms with Gasteiger partial charge in [0, 0.05) is 17.1 Å². The Morgan fingerprint density at radius 2 is 1.79 bits per heavy atom. The lowest BCUT2D eigenvalue weighted by Crippen LogP contribution is -2.21. The largest absolute Gasteiger partial charge is 0.390 e. The lowest BCUT2D eigenvalue weighted by atomic mass is 10.2. The summed E-state index contributed by atoms with van der Waals surface area (Å²) in [5.41, 5.74) is 1.26. The molecule has 0 aliphatic heterocycles. The molecule has 4 heteroatoms. The molecule has 0 spiro atoms. The van der Waals surface area contributed by atoms with Crippen molar-refractivity contribution in [3.63, 3.8) is 0 Å². The van der Waals surface area contributed by atoms with Crippen molar-refractivity contribution in [2.45, 2.75) is 38.5 Å². The van der Waals surface area contributed by atoms with Crippen molar-refractivity contribution in [1.82, 2.24) is 9.97 Å². The van der Waals surface area contributed by atoms with Crippen LogP contribution in [0.15, 0.2) is 11.2 Å². The van der Waals surface area contributed by atoms with E-state index in [1.807, 2.05) is 19.9 Å². The first-order chi connectivity index (χ1) is 6.37. The van der Waals surface area contributed by atoms with Crippen LogP contribution in [0.2, 0.25) is 0 Å². The molecule has 0 atom stereocenters. The molecular formula is C10H16N2OS. The molecule has 3 nitrogen and oxygen atoms in total. The molecule has 0 radical (unpaired) electrons. The highest BCUT2D eigenvalue weighted by Crippen LogP contribution is 2.19. The summed E-state index contributed by atoms with van der Waals surface area (Å²) < 4.78 is 0. The summed E-state index contributed by atoms with van der Waals surface area (Å²) >= 11 is 1.48. The molecule has 1 N–H and O–H groups in total. The number of hydrogen-bond acceptors (Lipinski definition) is 4. The highest BCUT2D eigenvalue weighted by molar-refractivity contribution is 7.99. The van der Waals surface area contributed by atoms with Crippen molar-refractivity contribution >= 4 is 11.8 Å². The maximum atomic E-state index is 9.54. The van der Waals surface area contributed by atoms with Crippen LogP contribution in [0, 0.1) is 13.8 Å². The molecule has 1 heterocycles. The van der Waals surface area contributed by atoms with Crippen LogP contribution in [-0.2, 0) is 0 Å². The van der Waals surface area contributed by atoms with E-state index < -0.39 is 5.60 Å². The summed E-state index contributed by atoms with van der Waals surface area (Å²) in [6.07, 6.45) is 0. The van der Waals surface area contributed by atoms with Gasteiger partial charge in [-0.2, -0.15) is 0 Å². The van der Waals surface area contributed by atoms with Gasteiger partial charge in [0.15, 0.2) is 5.16 Å². The number of thioether (sulfide) groups is 1. The van der Waals surface area contributed by atoms with Crippen LogP contribution in [0.25, 0.3) is 0 Å². The Labute approximate surface area is 89.0 Å². The monoisotopic (exact) mass is 212 g/mol. The Bertz CT molecular complexity index is 300. The van der Waals surface area contributed by atoms with E-state index in [0.717, 1.165) is 16.5 Å². The number of aromatic nitrogens is 2. The minimum atomic E-state index is -0.675. The van der Waals surface area contributed by atoms with E-state index in [1.54, 1.807) is 13.8 Å². The van der Waals surface area contributed by atoms with Crippen molar-refractivity contribution < 1.29 is 5.11 Å². The fourth-order valence-corrected chi connectivity index (χ4v) is 1.90. The lowest BCUT2D eigenvalue weighted by molar-refractivity contribution is 0.107. The minimum Gasteiger partial charge on any atom is -0.390 e. The first-order valence-corrected chi connectivity index (χ1v) is 5.53. The molecular weight excluding hydrogens is 196 g/mol. The van der Waals surface area contributed by atoms with Crippen LogP contribution in [-0.4, -0.2) is 26.4 Å². The Balaban J connectivity index is 2.68. The molecule has 78 valence electrons. The maximum absolute atomic E-state index is 9.54. The maximum Gasteiger partial charge on any atom is 0.188 e. The zero-order chi connectivity index (χ0) is 10.8. The number of hydrogen-bond donors (Lipinski definition) is 1. The van der Waals surface area contributed by atoms with Gasteiger partial charge in [-0.1, -0.05) is 11.8 Å². The number of nitrogens with zero attached hydrogens (tertiary/aromatic N) is 2. The standard InChI is InChI=1S/C10H16N2OS/c1-7-5-8(2)12-9(11-7)14-6-10(3,4)13/h5,13H,6H2,1-4H3. The van der Waals surface area contributed by atoms with Gasteiger partial charge in [0.05, 0.1) is 5.60 Å². The van der Waals surface area contributed by atoms with Gasteiger partial charge in [-0.3, -0.25) is 0 Å². The molecule has 0 bridgehead atoms. The van der Waals surface area contributed by atoms with E-state index in [4.69, 9.17) is 0 Å². The van der Waals surface area contributed by atoms with Gasteiger partial charge in [-0.25, -0.2) is 9.97 Å². The first kappa shape index (κ1) is 11.5. The highest BCUT2D eigenvalue weighted by Gasteiger charge is 2.13. The molecule has 1 rings (SSSR count). The summed E-state index contributed by atoms with van der Waals surface area (Å²) in [4.78, 5) is 8.56. The third-order valence-electron chi connectivity index (χ3n) is 1.52. The first-order valence-electron chi connectivity index (χ1n) is 4.54. The molecule has 0 saturated heterocycles.